The number of benzene rings is 3. The lowest BCUT2D eigenvalue weighted by Gasteiger charge is -2.25. The fraction of sp³-hybridized carbons (Fsp3) is 0.303. The first-order valence-corrected chi connectivity index (χ1v) is 14.7. The number of ether oxygens (including phenoxy) is 2. The first-order chi connectivity index (χ1) is 19.8. The fourth-order valence-electron chi connectivity index (χ4n) is 4.86. The van der Waals surface area contributed by atoms with E-state index < -0.39 is 17.9 Å². The molecule has 8 heteroatoms. The Morgan fingerprint density at radius 2 is 1.80 bits per heavy atom. The van der Waals surface area contributed by atoms with Crippen molar-refractivity contribution < 1.29 is 23.5 Å². The molecule has 2 heterocycles. The smallest absolute Gasteiger partial charge is 0.338 e. The van der Waals surface area contributed by atoms with Gasteiger partial charge >= 0.3 is 5.97 Å². The molecule has 1 atom stereocenters. The average molecular weight is 619 g/mol. The molecule has 1 amide bonds. The lowest BCUT2D eigenvalue weighted by atomic mass is 9.98. The van der Waals surface area contributed by atoms with Crippen molar-refractivity contribution in [2.24, 2.45) is 5.92 Å². The molecule has 0 aliphatic carbocycles. The van der Waals surface area contributed by atoms with Crippen LogP contribution in [0.2, 0.25) is 0 Å². The van der Waals surface area contributed by atoms with Gasteiger partial charge in [-0.3, -0.25) is 14.5 Å². The molecule has 5 rings (SSSR count). The number of unbranched alkanes of at least 4 members (excludes halogenated alkanes) is 1. The van der Waals surface area contributed by atoms with Gasteiger partial charge < -0.3 is 13.9 Å². The van der Waals surface area contributed by atoms with Crippen molar-refractivity contribution >= 4 is 44.5 Å². The zero-order valence-corrected chi connectivity index (χ0v) is 24.9. The molecular weight excluding hydrogens is 586 g/mol. The van der Waals surface area contributed by atoms with Gasteiger partial charge in [0.2, 0.25) is 5.76 Å². The van der Waals surface area contributed by atoms with E-state index in [1.807, 2.05) is 31.2 Å². The van der Waals surface area contributed by atoms with E-state index >= 15 is 0 Å². The molecule has 7 nitrogen and oxygen atoms in total. The van der Waals surface area contributed by atoms with Gasteiger partial charge in [-0.25, -0.2) is 4.79 Å². The topological polar surface area (TPSA) is 86.0 Å². The molecule has 1 aliphatic rings. The van der Waals surface area contributed by atoms with Crippen molar-refractivity contribution in [3.05, 3.63) is 104 Å². The SMILES string of the molecule is CCCCOC(=O)c1ccc(N2C(=O)c3oc4ccc(Br)cc4c(=O)c3C2c2cccc(OCCC(C)C)c2)cc1. The second-order valence-corrected chi connectivity index (χ2v) is 11.4. The number of anilines is 1. The summed E-state index contributed by atoms with van der Waals surface area (Å²) in [5.41, 5.74) is 1.95. The number of hydrogen-bond acceptors (Lipinski definition) is 6. The molecule has 0 saturated heterocycles. The first kappa shape index (κ1) is 28.6. The summed E-state index contributed by atoms with van der Waals surface area (Å²) in [6.07, 6.45) is 2.62. The zero-order chi connectivity index (χ0) is 29.1. The third-order valence-corrected chi connectivity index (χ3v) is 7.58. The first-order valence-electron chi connectivity index (χ1n) is 13.9. The molecule has 0 radical (unpaired) electrons. The molecule has 4 aromatic rings. The highest BCUT2D eigenvalue weighted by molar-refractivity contribution is 9.10. The number of esters is 1. The van der Waals surface area contributed by atoms with E-state index in [1.54, 1.807) is 47.4 Å². The van der Waals surface area contributed by atoms with Crippen LogP contribution < -0.4 is 15.1 Å². The van der Waals surface area contributed by atoms with E-state index in [-0.39, 0.29) is 16.8 Å². The highest BCUT2D eigenvalue weighted by Crippen LogP contribution is 2.42. The van der Waals surface area contributed by atoms with Gasteiger partial charge in [0.15, 0.2) is 5.43 Å². The molecule has 3 aromatic carbocycles. The maximum atomic E-state index is 13.9. The van der Waals surface area contributed by atoms with Crippen LogP contribution in [0, 0.1) is 5.92 Å². The van der Waals surface area contributed by atoms with Crippen LogP contribution in [0.15, 0.2) is 80.4 Å². The largest absolute Gasteiger partial charge is 0.494 e. The molecule has 212 valence electrons. The second kappa shape index (κ2) is 12.3. The number of hydrogen-bond donors (Lipinski definition) is 0. The van der Waals surface area contributed by atoms with Crippen molar-refractivity contribution in [1.82, 2.24) is 0 Å². The Morgan fingerprint density at radius 1 is 1.02 bits per heavy atom. The summed E-state index contributed by atoms with van der Waals surface area (Å²) in [6, 6.07) is 18.5. The van der Waals surface area contributed by atoms with Crippen LogP contribution in [-0.4, -0.2) is 25.1 Å². The van der Waals surface area contributed by atoms with Gasteiger partial charge in [0.25, 0.3) is 5.91 Å². The standard InChI is InChI=1S/C33H32BrNO6/c1-4-5-16-40-33(38)21-9-12-24(13-10-21)35-29(22-7-6-8-25(18-22)39-17-15-20(2)3)28-30(36)26-19-23(34)11-14-27(26)41-31(28)32(35)37/h6-14,18-20,29H,4-5,15-17H2,1-3H3. The van der Waals surface area contributed by atoms with Crippen molar-refractivity contribution in [2.75, 3.05) is 18.1 Å². The van der Waals surface area contributed by atoms with Crippen LogP contribution in [0.25, 0.3) is 11.0 Å². The highest BCUT2D eigenvalue weighted by atomic mass is 79.9. The minimum absolute atomic E-state index is 0.00371. The Balaban J connectivity index is 1.59. The maximum absolute atomic E-state index is 13.9. The summed E-state index contributed by atoms with van der Waals surface area (Å²) < 4.78 is 18.2. The summed E-state index contributed by atoms with van der Waals surface area (Å²) in [5, 5.41) is 0.382. The van der Waals surface area contributed by atoms with Crippen LogP contribution in [0.3, 0.4) is 0 Å². The Kier molecular flexibility index (Phi) is 8.59. The number of nitrogens with zero attached hydrogens (tertiary/aromatic N) is 1. The molecule has 41 heavy (non-hydrogen) atoms. The van der Waals surface area contributed by atoms with Gasteiger partial charge in [0, 0.05) is 10.2 Å². The van der Waals surface area contributed by atoms with Gasteiger partial charge in [-0.05, 0) is 78.9 Å². The molecule has 1 unspecified atom stereocenters. The van der Waals surface area contributed by atoms with Crippen molar-refractivity contribution in [1.29, 1.82) is 0 Å². The minimum atomic E-state index is -0.756. The van der Waals surface area contributed by atoms with Crippen LogP contribution in [0.1, 0.15) is 78.1 Å². The predicted molar refractivity (Wildman–Crippen MR) is 162 cm³/mol. The Bertz CT molecular complexity index is 1640. The van der Waals surface area contributed by atoms with E-state index in [0.717, 1.165) is 23.7 Å². The predicted octanol–water partition coefficient (Wildman–Crippen LogP) is 7.69. The maximum Gasteiger partial charge on any atom is 0.338 e. The minimum Gasteiger partial charge on any atom is -0.494 e. The molecule has 0 fully saturated rings. The van der Waals surface area contributed by atoms with E-state index in [1.165, 1.54) is 0 Å². The zero-order valence-electron chi connectivity index (χ0n) is 23.3. The number of amides is 1. The van der Waals surface area contributed by atoms with E-state index in [4.69, 9.17) is 13.9 Å². The van der Waals surface area contributed by atoms with Gasteiger partial charge in [-0.15, -0.1) is 0 Å². The molecule has 0 N–H and O–H groups in total. The molecule has 0 saturated carbocycles. The number of carbonyl (C=O) groups excluding carboxylic acids is 2. The van der Waals surface area contributed by atoms with Crippen molar-refractivity contribution in [3.63, 3.8) is 0 Å². The third-order valence-electron chi connectivity index (χ3n) is 7.08. The lowest BCUT2D eigenvalue weighted by Crippen LogP contribution is -2.29. The fourth-order valence-corrected chi connectivity index (χ4v) is 5.23. The molecule has 1 aromatic heterocycles. The molecule has 0 bridgehead atoms. The number of carbonyl (C=O) groups is 2. The van der Waals surface area contributed by atoms with E-state index in [2.05, 4.69) is 29.8 Å². The summed E-state index contributed by atoms with van der Waals surface area (Å²) in [4.78, 5) is 41.9. The summed E-state index contributed by atoms with van der Waals surface area (Å²) >= 11 is 3.44. The second-order valence-electron chi connectivity index (χ2n) is 10.5. The Morgan fingerprint density at radius 3 is 2.54 bits per heavy atom. The van der Waals surface area contributed by atoms with E-state index in [0.29, 0.717) is 52.7 Å². The van der Waals surface area contributed by atoms with E-state index in [9.17, 15) is 14.4 Å². The number of fused-ring (bicyclic) bond motifs is 2. The van der Waals surface area contributed by atoms with Gasteiger partial charge in [0.05, 0.1) is 35.8 Å². The third kappa shape index (κ3) is 5.93. The lowest BCUT2D eigenvalue weighted by molar-refractivity contribution is 0.0499. The summed E-state index contributed by atoms with van der Waals surface area (Å²) in [5.74, 6) is 0.303. The highest BCUT2D eigenvalue weighted by Gasteiger charge is 2.43. The van der Waals surface area contributed by atoms with Crippen molar-refractivity contribution in [2.45, 2.75) is 46.1 Å². The van der Waals surface area contributed by atoms with Gasteiger partial charge in [0.1, 0.15) is 11.3 Å². The quantitative estimate of drug-likeness (QED) is 0.134. The molecule has 0 spiro atoms. The number of halogens is 1. The average Bonchev–Trinajstić information content (AvgIpc) is 3.26. The number of rotatable bonds is 10. The van der Waals surface area contributed by atoms with Crippen LogP contribution >= 0.6 is 15.9 Å². The van der Waals surface area contributed by atoms with Crippen molar-refractivity contribution in [3.8, 4) is 5.75 Å². The summed E-state index contributed by atoms with van der Waals surface area (Å²) in [6.45, 7) is 7.21. The normalized spacial score (nSPS) is 14.5. The Labute approximate surface area is 247 Å². The molecular formula is C33H32BrNO6. The van der Waals surface area contributed by atoms with Crippen LogP contribution in [0.4, 0.5) is 5.69 Å². The monoisotopic (exact) mass is 617 g/mol. The van der Waals surface area contributed by atoms with Crippen LogP contribution in [0.5, 0.6) is 5.75 Å². The van der Waals surface area contributed by atoms with Gasteiger partial charge in [-0.2, -0.15) is 0 Å². The van der Waals surface area contributed by atoms with Gasteiger partial charge in [-0.1, -0.05) is 55.3 Å². The Hall–Kier alpha value is -3.91. The van der Waals surface area contributed by atoms with Crippen LogP contribution in [-0.2, 0) is 4.74 Å². The summed E-state index contributed by atoms with van der Waals surface area (Å²) in [7, 11) is 0. The molecule has 1 aliphatic heterocycles.